The number of aromatic nitrogens is 2. The molecule has 1 fully saturated rings. The fraction of sp³-hybridized carbons (Fsp3) is 0.250. The van der Waals surface area contributed by atoms with Gasteiger partial charge in [0.25, 0.3) is 0 Å². The number of rotatable bonds is 5. The van der Waals surface area contributed by atoms with Gasteiger partial charge >= 0.3 is 4.87 Å². The van der Waals surface area contributed by atoms with Crippen molar-refractivity contribution >= 4 is 22.1 Å². The van der Waals surface area contributed by atoms with Crippen LogP contribution in [0.5, 0.6) is 0 Å². The van der Waals surface area contributed by atoms with Crippen LogP contribution in [0.25, 0.3) is 22.2 Å². The second-order valence-electron chi connectivity index (χ2n) is 7.70. The van der Waals surface area contributed by atoms with Crippen molar-refractivity contribution in [3.05, 3.63) is 87.5 Å². The highest BCUT2D eigenvalue weighted by atomic mass is 32.1. The Bertz CT molecular complexity index is 1190. The highest BCUT2D eigenvalue weighted by Crippen LogP contribution is 2.21. The number of piperazine rings is 1. The SMILES string of the molecule is O=c1scc(-c2ccccn2)n1CN1CCN(Cc2cccc3ccccc23)CC1. The molecule has 0 unspecified atom stereocenters. The predicted molar refractivity (Wildman–Crippen MR) is 123 cm³/mol. The van der Waals surface area contributed by atoms with Crippen LogP contribution >= 0.6 is 11.3 Å². The van der Waals surface area contributed by atoms with Crippen molar-refractivity contribution in [1.29, 1.82) is 0 Å². The second-order valence-corrected chi connectivity index (χ2v) is 8.52. The summed E-state index contributed by atoms with van der Waals surface area (Å²) in [6, 6.07) is 21.0. The summed E-state index contributed by atoms with van der Waals surface area (Å²) in [4.78, 5) is 21.8. The molecule has 0 amide bonds. The molecule has 5 rings (SSSR count). The van der Waals surface area contributed by atoms with Crippen molar-refractivity contribution in [1.82, 2.24) is 19.4 Å². The predicted octanol–water partition coefficient (Wildman–Crippen LogP) is 3.90. The Labute approximate surface area is 179 Å². The van der Waals surface area contributed by atoms with Crippen molar-refractivity contribution in [2.45, 2.75) is 13.2 Å². The van der Waals surface area contributed by atoms with Crippen molar-refractivity contribution in [3.8, 4) is 11.4 Å². The van der Waals surface area contributed by atoms with Crippen molar-refractivity contribution in [3.63, 3.8) is 0 Å². The molecule has 0 spiro atoms. The van der Waals surface area contributed by atoms with E-state index < -0.39 is 0 Å². The number of hydrogen-bond acceptors (Lipinski definition) is 5. The smallest absolute Gasteiger partial charge is 0.297 e. The minimum absolute atomic E-state index is 0.0776. The van der Waals surface area contributed by atoms with Crippen LogP contribution < -0.4 is 4.87 Å². The zero-order valence-corrected chi connectivity index (χ0v) is 17.6. The Kier molecular flexibility index (Phi) is 5.45. The van der Waals surface area contributed by atoms with Crippen LogP contribution in [-0.2, 0) is 13.2 Å². The van der Waals surface area contributed by atoms with Crippen molar-refractivity contribution in [2.24, 2.45) is 0 Å². The molecule has 0 radical (unpaired) electrons. The first-order valence-corrected chi connectivity index (χ1v) is 11.2. The maximum absolute atomic E-state index is 12.4. The van der Waals surface area contributed by atoms with Crippen LogP contribution in [0, 0.1) is 0 Å². The van der Waals surface area contributed by atoms with Crippen molar-refractivity contribution in [2.75, 3.05) is 26.2 Å². The first kappa shape index (κ1) is 19.2. The lowest BCUT2D eigenvalue weighted by Gasteiger charge is -2.35. The summed E-state index contributed by atoms with van der Waals surface area (Å²) in [7, 11) is 0. The number of hydrogen-bond donors (Lipinski definition) is 0. The minimum Gasteiger partial charge on any atom is -0.297 e. The van der Waals surface area contributed by atoms with Crippen LogP contribution in [0.3, 0.4) is 0 Å². The Morgan fingerprint density at radius 2 is 1.63 bits per heavy atom. The van der Waals surface area contributed by atoms with E-state index >= 15 is 0 Å². The summed E-state index contributed by atoms with van der Waals surface area (Å²) in [6.07, 6.45) is 1.77. The molecule has 0 atom stereocenters. The summed E-state index contributed by atoms with van der Waals surface area (Å²) in [5, 5.41) is 4.56. The number of benzene rings is 2. The lowest BCUT2D eigenvalue weighted by molar-refractivity contribution is 0.103. The maximum Gasteiger partial charge on any atom is 0.308 e. The molecule has 5 nitrogen and oxygen atoms in total. The average Bonchev–Trinajstić information content (AvgIpc) is 3.16. The summed E-state index contributed by atoms with van der Waals surface area (Å²) in [5.41, 5.74) is 3.14. The molecule has 1 aliphatic heterocycles. The number of fused-ring (bicyclic) bond motifs is 1. The topological polar surface area (TPSA) is 41.4 Å². The molecule has 2 aromatic carbocycles. The molecule has 1 aliphatic rings. The van der Waals surface area contributed by atoms with E-state index in [1.807, 2.05) is 28.1 Å². The van der Waals surface area contributed by atoms with Gasteiger partial charge in [-0.15, -0.1) is 0 Å². The fourth-order valence-electron chi connectivity index (χ4n) is 4.14. The maximum atomic E-state index is 12.4. The number of nitrogens with zero attached hydrogens (tertiary/aromatic N) is 4. The van der Waals surface area contributed by atoms with Crippen LogP contribution in [0.15, 0.2) is 77.0 Å². The molecule has 0 saturated carbocycles. The monoisotopic (exact) mass is 416 g/mol. The van der Waals surface area contributed by atoms with E-state index in [1.54, 1.807) is 6.20 Å². The molecule has 30 heavy (non-hydrogen) atoms. The van der Waals surface area contributed by atoms with Gasteiger partial charge in [-0.2, -0.15) is 0 Å². The molecule has 2 aromatic heterocycles. The molecule has 1 saturated heterocycles. The van der Waals surface area contributed by atoms with Gasteiger partial charge in [0.05, 0.1) is 18.1 Å². The van der Waals surface area contributed by atoms with Gasteiger partial charge in [0.2, 0.25) is 0 Å². The van der Waals surface area contributed by atoms with E-state index in [4.69, 9.17) is 0 Å². The van der Waals surface area contributed by atoms with Crippen LogP contribution in [0.2, 0.25) is 0 Å². The first-order valence-electron chi connectivity index (χ1n) is 10.3. The molecule has 152 valence electrons. The molecule has 4 aromatic rings. The van der Waals surface area contributed by atoms with E-state index in [1.165, 1.54) is 27.7 Å². The molecule has 0 N–H and O–H groups in total. The largest absolute Gasteiger partial charge is 0.308 e. The standard InChI is InChI=1S/C24H24N4OS/c29-24-28(23(17-30-24)22-10-3-4-11-25-22)18-27-14-12-26(13-15-27)16-20-8-5-7-19-6-1-2-9-21(19)20/h1-11,17H,12-16,18H2. The highest BCUT2D eigenvalue weighted by Gasteiger charge is 2.20. The summed E-state index contributed by atoms with van der Waals surface area (Å²) < 4.78 is 1.85. The number of pyridine rings is 1. The third-order valence-corrected chi connectivity index (χ3v) is 6.55. The van der Waals surface area contributed by atoms with Gasteiger partial charge < -0.3 is 0 Å². The molecular weight excluding hydrogens is 392 g/mol. The van der Waals surface area contributed by atoms with Gasteiger partial charge in [-0.3, -0.25) is 24.1 Å². The molecule has 3 heterocycles. The third-order valence-electron chi connectivity index (χ3n) is 5.79. The fourth-order valence-corrected chi connectivity index (χ4v) is 4.88. The Balaban J connectivity index is 1.25. The first-order chi connectivity index (χ1) is 14.8. The average molecular weight is 417 g/mol. The zero-order chi connectivity index (χ0) is 20.3. The highest BCUT2D eigenvalue weighted by molar-refractivity contribution is 7.07. The van der Waals surface area contributed by atoms with E-state index in [-0.39, 0.29) is 4.87 Å². The van der Waals surface area contributed by atoms with E-state index in [0.29, 0.717) is 6.67 Å². The lowest BCUT2D eigenvalue weighted by atomic mass is 10.0. The summed E-state index contributed by atoms with van der Waals surface area (Å²) >= 11 is 1.25. The Hall–Kier alpha value is -2.80. The Morgan fingerprint density at radius 3 is 2.47 bits per heavy atom. The molecule has 6 heteroatoms. The number of thiazole rings is 1. The van der Waals surface area contributed by atoms with Crippen LogP contribution in [0.4, 0.5) is 0 Å². The summed E-state index contributed by atoms with van der Waals surface area (Å²) in [5.74, 6) is 0. The van der Waals surface area contributed by atoms with E-state index in [0.717, 1.165) is 44.1 Å². The van der Waals surface area contributed by atoms with Gasteiger partial charge in [0, 0.05) is 44.3 Å². The summed E-state index contributed by atoms with van der Waals surface area (Å²) in [6.45, 7) is 5.49. The van der Waals surface area contributed by atoms with Crippen molar-refractivity contribution < 1.29 is 0 Å². The van der Waals surface area contributed by atoms with Gasteiger partial charge in [-0.05, 0) is 28.5 Å². The minimum atomic E-state index is 0.0776. The van der Waals surface area contributed by atoms with Crippen LogP contribution in [-0.4, -0.2) is 45.5 Å². The van der Waals surface area contributed by atoms with Gasteiger partial charge in [-0.1, -0.05) is 59.9 Å². The van der Waals surface area contributed by atoms with Gasteiger partial charge in [-0.25, -0.2) is 0 Å². The Morgan fingerprint density at radius 1 is 0.867 bits per heavy atom. The van der Waals surface area contributed by atoms with Gasteiger partial charge in [0.1, 0.15) is 0 Å². The molecular formula is C24H24N4OS. The zero-order valence-electron chi connectivity index (χ0n) is 16.8. The second kappa shape index (κ2) is 8.52. The molecule has 0 aliphatic carbocycles. The lowest BCUT2D eigenvalue weighted by Crippen LogP contribution is -2.47. The van der Waals surface area contributed by atoms with E-state index in [2.05, 4.69) is 57.2 Å². The van der Waals surface area contributed by atoms with Gasteiger partial charge in [0.15, 0.2) is 0 Å². The molecule has 0 bridgehead atoms. The normalized spacial score (nSPS) is 15.6. The van der Waals surface area contributed by atoms with Crippen LogP contribution in [0.1, 0.15) is 5.56 Å². The van der Waals surface area contributed by atoms with E-state index in [9.17, 15) is 4.79 Å². The third kappa shape index (κ3) is 3.94. The quantitative estimate of drug-likeness (QED) is 0.495.